The van der Waals surface area contributed by atoms with Crippen LogP contribution in [0.3, 0.4) is 0 Å². The highest BCUT2D eigenvalue weighted by Crippen LogP contribution is 2.44. The molecule has 1 rings (SSSR count). The molecule has 0 aromatic rings. The molecular formula is C15H20O4. The van der Waals surface area contributed by atoms with Gasteiger partial charge in [-0.15, -0.1) is 0 Å². The quantitative estimate of drug-likeness (QED) is 0.605. The Bertz CT molecular complexity index is 494. The molecule has 0 aromatic carbocycles. The van der Waals surface area contributed by atoms with Gasteiger partial charge in [-0.2, -0.15) is 0 Å². The van der Waals surface area contributed by atoms with Crippen molar-refractivity contribution in [3.63, 3.8) is 0 Å². The molecule has 0 bridgehead atoms. The van der Waals surface area contributed by atoms with Crippen LogP contribution in [0.4, 0.5) is 0 Å². The van der Waals surface area contributed by atoms with E-state index in [1.807, 2.05) is 13.8 Å². The first-order chi connectivity index (χ1) is 8.58. The summed E-state index contributed by atoms with van der Waals surface area (Å²) in [6.45, 7) is 7.00. The number of carboxylic acids is 1. The molecule has 19 heavy (non-hydrogen) atoms. The van der Waals surface area contributed by atoms with Crippen LogP contribution < -0.4 is 0 Å². The van der Waals surface area contributed by atoms with Gasteiger partial charge in [-0.25, -0.2) is 4.79 Å². The van der Waals surface area contributed by atoms with Gasteiger partial charge in [0, 0.05) is 17.9 Å². The molecule has 1 atom stereocenters. The van der Waals surface area contributed by atoms with E-state index in [-0.39, 0.29) is 12.2 Å². The van der Waals surface area contributed by atoms with Crippen LogP contribution in [-0.2, 0) is 9.59 Å². The summed E-state index contributed by atoms with van der Waals surface area (Å²) in [7, 11) is 0. The first kappa shape index (κ1) is 15.4. The van der Waals surface area contributed by atoms with E-state index in [1.54, 1.807) is 26.0 Å². The Balaban J connectivity index is 3.15. The molecule has 4 nitrogen and oxygen atoms in total. The highest BCUT2D eigenvalue weighted by Gasteiger charge is 2.46. The predicted molar refractivity (Wildman–Crippen MR) is 72.6 cm³/mol. The minimum Gasteiger partial charge on any atom is -0.478 e. The Kier molecular flexibility index (Phi) is 4.15. The van der Waals surface area contributed by atoms with Gasteiger partial charge < -0.3 is 10.2 Å². The number of ketones is 1. The summed E-state index contributed by atoms with van der Waals surface area (Å²) in [5, 5.41) is 19.4. The fourth-order valence-electron chi connectivity index (χ4n) is 2.36. The third-order valence-corrected chi connectivity index (χ3v) is 3.57. The Labute approximate surface area is 113 Å². The Morgan fingerprint density at radius 3 is 2.47 bits per heavy atom. The SMILES string of the molecule is CC1=CC(=O)CC(C)(C)C1(O)/C=C\C(C)=C\C(=O)O. The molecule has 4 heteroatoms. The molecule has 1 unspecified atom stereocenters. The maximum absolute atomic E-state index is 11.6. The summed E-state index contributed by atoms with van der Waals surface area (Å²) in [5.74, 6) is -1.03. The molecule has 2 N–H and O–H groups in total. The number of allylic oxidation sites excluding steroid dienone is 3. The monoisotopic (exact) mass is 264 g/mol. The van der Waals surface area contributed by atoms with Crippen molar-refractivity contribution in [2.75, 3.05) is 0 Å². The number of hydrogen-bond donors (Lipinski definition) is 2. The first-order valence-electron chi connectivity index (χ1n) is 6.13. The van der Waals surface area contributed by atoms with E-state index in [2.05, 4.69) is 0 Å². The number of rotatable bonds is 3. The molecule has 0 spiro atoms. The fraction of sp³-hybridized carbons (Fsp3) is 0.467. The molecule has 0 radical (unpaired) electrons. The van der Waals surface area contributed by atoms with Crippen molar-refractivity contribution in [3.05, 3.63) is 35.5 Å². The second kappa shape index (κ2) is 5.13. The minimum atomic E-state index is -1.24. The van der Waals surface area contributed by atoms with Crippen molar-refractivity contribution in [1.82, 2.24) is 0 Å². The highest BCUT2D eigenvalue weighted by atomic mass is 16.4. The second-order valence-corrected chi connectivity index (χ2v) is 5.68. The van der Waals surface area contributed by atoms with Crippen LogP contribution in [0, 0.1) is 5.41 Å². The summed E-state index contributed by atoms with van der Waals surface area (Å²) in [4.78, 5) is 22.1. The molecule has 0 fully saturated rings. The van der Waals surface area contributed by atoms with Crippen LogP contribution in [0.2, 0.25) is 0 Å². The highest BCUT2D eigenvalue weighted by molar-refractivity contribution is 5.92. The molecule has 0 heterocycles. The molecular weight excluding hydrogens is 244 g/mol. The lowest BCUT2D eigenvalue weighted by Gasteiger charge is -2.43. The number of carbonyl (C=O) groups is 2. The number of hydrogen-bond acceptors (Lipinski definition) is 3. The van der Waals surface area contributed by atoms with E-state index >= 15 is 0 Å². The van der Waals surface area contributed by atoms with Crippen molar-refractivity contribution < 1.29 is 19.8 Å². The van der Waals surface area contributed by atoms with E-state index in [1.165, 1.54) is 6.08 Å². The molecule has 0 saturated heterocycles. The number of carboxylic acid groups (broad SMARTS) is 1. The summed E-state index contributed by atoms with van der Waals surface area (Å²) >= 11 is 0. The van der Waals surface area contributed by atoms with Crippen molar-refractivity contribution in [1.29, 1.82) is 0 Å². The minimum absolute atomic E-state index is 0.00150. The summed E-state index contributed by atoms with van der Waals surface area (Å²) in [6, 6.07) is 0. The zero-order chi connectivity index (χ0) is 14.8. The lowest BCUT2D eigenvalue weighted by atomic mass is 9.64. The van der Waals surface area contributed by atoms with Crippen molar-refractivity contribution in [2.45, 2.75) is 39.7 Å². The Hall–Kier alpha value is -1.68. The van der Waals surface area contributed by atoms with Gasteiger partial charge in [0.1, 0.15) is 5.60 Å². The van der Waals surface area contributed by atoms with Crippen LogP contribution in [0.5, 0.6) is 0 Å². The number of carbonyl (C=O) groups excluding carboxylic acids is 1. The summed E-state index contributed by atoms with van der Waals surface area (Å²) in [5.41, 5.74) is -0.758. The van der Waals surface area contributed by atoms with Gasteiger partial charge in [0.2, 0.25) is 0 Å². The van der Waals surface area contributed by atoms with E-state index < -0.39 is 17.0 Å². The zero-order valence-electron chi connectivity index (χ0n) is 11.7. The summed E-state index contributed by atoms with van der Waals surface area (Å²) in [6.07, 6.45) is 5.92. The number of aliphatic hydroxyl groups is 1. The van der Waals surface area contributed by atoms with Crippen LogP contribution in [-0.4, -0.2) is 27.6 Å². The molecule has 0 aliphatic heterocycles. The molecule has 1 aliphatic carbocycles. The van der Waals surface area contributed by atoms with Gasteiger partial charge in [0.05, 0.1) is 0 Å². The Morgan fingerprint density at radius 2 is 2.00 bits per heavy atom. The largest absolute Gasteiger partial charge is 0.478 e. The second-order valence-electron chi connectivity index (χ2n) is 5.68. The van der Waals surface area contributed by atoms with Crippen LogP contribution in [0.1, 0.15) is 34.1 Å². The zero-order valence-corrected chi connectivity index (χ0v) is 11.7. The van der Waals surface area contributed by atoms with Crippen LogP contribution in [0.25, 0.3) is 0 Å². The van der Waals surface area contributed by atoms with E-state index in [0.29, 0.717) is 11.1 Å². The van der Waals surface area contributed by atoms with Crippen molar-refractivity contribution in [2.24, 2.45) is 5.41 Å². The molecule has 0 aromatic heterocycles. The average Bonchev–Trinajstić information content (AvgIpc) is 2.21. The van der Waals surface area contributed by atoms with Gasteiger partial charge in [-0.3, -0.25) is 4.79 Å². The maximum atomic E-state index is 11.6. The molecule has 0 saturated carbocycles. The van der Waals surface area contributed by atoms with E-state index in [4.69, 9.17) is 5.11 Å². The van der Waals surface area contributed by atoms with E-state index in [0.717, 1.165) is 6.08 Å². The maximum Gasteiger partial charge on any atom is 0.328 e. The van der Waals surface area contributed by atoms with Crippen LogP contribution >= 0.6 is 0 Å². The fourth-order valence-corrected chi connectivity index (χ4v) is 2.36. The van der Waals surface area contributed by atoms with Crippen LogP contribution in [0.15, 0.2) is 35.5 Å². The average molecular weight is 264 g/mol. The normalized spacial score (nSPS) is 27.5. The van der Waals surface area contributed by atoms with Gasteiger partial charge >= 0.3 is 5.97 Å². The topological polar surface area (TPSA) is 74.6 Å². The van der Waals surface area contributed by atoms with Gasteiger partial charge in [0.15, 0.2) is 5.78 Å². The standard InChI is InChI=1S/C15H20O4/c1-10(7-13(17)18)5-6-15(19)11(2)8-12(16)9-14(15,3)4/h5-8,19H,9H2,1-4H3,(H,17,18)/b6-5-,10-7+. The van der Waals surface area contributed by atoms with Crippen molar-refractivity contribution >= 4 is 11.8 Å². The smallest absolute Gasteiger partial charge is 0.328 e. The number of aliphatic carboxylic acids is 1. The third kappa shape index (κ3) is 3.20. The summed E-state index contributed by atoms with van der Waals surface area (Å²) < 4.78 is 0. The molecule has 0 amide bonds. The van der Waals surface area contributed by atoms with Gasteiger partial charge in [-0.1, -0.05) is 19.9 Å². The van der Waals surface area contributed by atoms with E-state index in [9.17, 15) is 14.7 Å². The molecule has 104 valence electrons. The first-order valence-corrected chi connectivity index (χ1v) is 6.13. The van der Waals surface area contributed by atoms with Gasteiger partial charge in [0.25, 0.3) is 0 Å². The predicted octanol–water partition coefficient (Wildman–Crippen LogP) is 2.25. The molecule has 1 aliphatic rings. The third-order valence-electron chi connectivity index (χ3n) is 3.57. The van der Waals surface area contributed by atoms with Gasteiger partial charge in [-0.05, 0) is 37.1 Å². The lowest BCUT2D eigenvalue weighted by Crippen LogP contribution is -2.48. The Morgan fingerprint density at radius 1 is 1.42 bits per heavy atom. The van der Waals surface area contributed by atoms with Crippen molar-refractivity contribution in [3.8, 4) is 0 Å². The lowest BCUT2D eigenvalue weighted by molar-refractivity contribution is -0.131.